The molecule has 0 amide bonds. The van der Waals surface area contributed by atoms with Gasteiger partial charge in [-0.15, -0.1) is 0 Å². The Morgan fingerprint density at radius 2 is 1.55 bits per heavy atom. The molecule has 2 aliphatic rings. The van der Waals surface area contributed by atoms with Crippen molar-refractivity contribution >= 4 is 12.6 Å². The van der Waals surface area contributed by atoms with Crippen LogP contribution in [0.2, 0.25) is 0 Å². The molecule has 0 bridgehead atoms. The zero-order valence-corrected chi connectivity index (χ0v) is 5.99. The lowest BCUT2D eigenvalue weighted by molar-refractivity contribution is -0.107. The monoisotopic (exact) mass is 148 g/mol. The van der Waals surface area contributed by atoms with Crippen LogP contribution in [0.5, 0.6) is 0 Å². The maximum absolute atomic E-state index is 10.4. The molecule has 0 aromatic carbocycles. The minimum Gasteiger partial charge on any atom is -0.298 e. The van der Waals surface area contributed by atoms with Crippen LogP contribution in [0.15, 0.2) is 23.3 Å². The van der Waals surface area contributed by atoms with Gasteiger partial charge in [0.1, 0.15) is 12.6 Å². The van der Waals surface area contributed by atoms with E-state index in [-0.39, 0.29) is 0 Å². The van der Waals surface area contributed by atoms with Crippen molar-refractivity contribution in [3.63, 3.8) is 0 Å². The van der Waals surface area contributed by atoms with Gasteiger partial charge in [-0.05, 0) is 18.3 Å². The molecule has 0 radical (unpaired) electrons. The maximum atomic E-state index is 10.4. The van der Waals surface area contributed by atoms with Gasteiger partial charge in [-0.25, -0.2) is 0 Å². The van der Waals surface area contributed by atoms with Gasteiger partial charge in [0.25, 0.3) is 0 Å². The van der Waals surface area contributed by atoms with Crippen molar-refractivity contribution in [3.05, 3.63) is 23.3 Å². The van der Waals surface area contributed by atoms with Gasteiger partial charge in [0.15, 0.2) is 0 Å². The van der Waals surface area contributed by atoms with Gasteiger partial charge in [-0.3, -0.25) is 9.59 Å². The number of aldehydes is 2. The van der Waals surface area contributed by atoms with Crippen molar-refractivity contribution in [2.45, 2.75) is 6.42 Å². The molecule has 0 aromatic rings. The fraction of sp³-hybridized carbons (Fsp3) is 0.333. The lowest BCUT2D eigenvalue weighted by Crippen LogP contribution is -1.98. The molecule has 2 nitrogen and oxygen atoms in total. The van der Waals surface area contributed by atoms with Crippen LogP contribution in [0.3, 0.4) is 0 Å². The first kappa shape index (κ1) is 6.53. The molecule has 2 rings (SSSR count). The smallest absolute Gasteiger partial charge is 0.150 e. The van der Waals surface area contributed by atoms with Crippen LogP contribution in [0.25, 0.3) is 0 Å². The third-order valence-corrected chi connectivity index (χ3v) is 2.27. The third-order valence-electron chi connectivity index (χ3n) is 2.27. The first-order valence-corrected chi connectivity index (χ1v) is 3.69. The predicted octanol–water partition coefficient (Wildman–Crippen LogP) is 0.887. The minimum absolute atomic E-state index is 0.541. The Morgan fingerprint density at radius 1 is 1.09 bits per heavy atom. The highest BCUT2D eigenvalue weighted by Gasteiger charge is 2.37. The van der Waals surface area contributed by atoms with Gasteiger partial charge >= 0.3 is 0 Å². The Morgan fingerprint density at radius 3 is 1.91 bits per heavy atom. The van der Waals surface area contributed by atoms with Crippen molar-refractivity contribution in [1.29, 1.82) is 0 Å². The lowest BCUT2D eigenvalue weighted by Gasteiger charge is -2.02. The summed E-state index contributed by atoms with van der Waals surface area (Å²) in [5, 5.41) is 0. The molecule has 0 spiro atoms. The van der Waals surface area contributed by atoms with E-state index in [1.165, 1.54) is 0 Å². The van der Waals surface area contributed by atoms with Crippen molar-refractivity contribution in [2.75, 3.05) is 0 Å². The fourth-order valence-corrected chi connectivity index (χ4v) is 1.49. The zero-order chi connectivity index (χ0) is 7.84. The van der Waals surface area contributed by atoms with E-state index < -0.39 is 0 Å². The number of allylic oxidation sites excluding steroid dienone is 4. The predicted molar refractivity (Wildman–Crippen MR) is 39.9 cm³/mol. The minimum atomic E-state index is 0.541. The van der Waals surface area contributed by atoms with E-state index in [2.05, 4.69) is 0 Å². The Bertz CT molecular complexity index is 245. The quantitative estimate of drug-likeness (QED) is 0.545. The summed E-state index contributed by atoms with van der Waals surface area (Å²) in [4.78, 5) is 20.9. The van der Waals surface area contributed by atoms with Gasteiger partial charge in [0.05, 0.1) is 0 Å². The molecule has 2 unspecified atom stereocenters. The van der Waals surface area contributed by atoms with Gasteiger partial charge in [0.2, 0.25) is 0 Å². The van der Waals surface area contributed by atoms with E-state index in [4.69, 9.17) is 0 Å². The standard InChI is InChI=1S/C9H8O2/c10-4-8-2-6-1-7(6)3-9(8)5-11/h2-7H,1H2. The molecule has 2 atom stereocenters. The van der Waals surface area contributed by atoms with Crippen molar-refractivity contribution in [1.82, 2.24) is 0 Å². The summed E-state index contributed by atoms with van der Waals surface area (Å²) in [7, 11) is 0. The second kappa shape index (κ2) is 2.16. The van der Waals surface area contributed by atoms with E-state index in [0.29, 0.717) is 23.0 Å². The summed E-state index contributed by atoms with van der Waals surface area (Å²) in [6.45, 7) is 0. The normalized spacial score (nSPS) is 33.1. The lowest BCUT2D eigenvalue weighted by atomic mass is 10.0. The second-order valence-corrected chi connectivity index (χ2v) is 3.04. The number of fused-ring (bicyclic) bond motifs is 1. The van der Waals surface area contributed by atoms with Gasteiger partial charge in [-0.2, -0.15) is 0 Å². The number of carbonyl (C=O) groups excluding carboxylic acids is 2. The van der Waals surface area contributed by atoms with Crippen LogP contribution in [0.4, 0.5) is 0 Å². The Kier molecular flexibility index (Phi) is 1.28. The second-order valence-electron chi connectivity index (χ2n) is 3.04. The van der Waals surface area contributed by atoms with Gasteiger partial charge in [-0.1, -0.05) is 12.2 Å². The molecular weight excluding hydrogens is 140 g/mol. The van der Waals surface area contributed by atoms with E-state index in [1.54, 1.807) is 0 Å². The molecule has 2 aliphatic carbocycles. The Hall–Kier alpha value is -1.18. The molecule has 0 N–H and O–H groups in total. The van der Waals surface area contributed by atoms with Crippen LogP contribution in [0.1, 0.15) is 6.42 Å². The van der Waals surface area contributed by atoms with Crippen LogP contribution in [-0.2, 0) is 9.59 Å². The Labute approximate surface area is 64.6 Å². The van der Waals surface area contributed by atoms with Crippen LogP contribution >= 0.6 is 0 Å². The number of hydrogen-bond acceptors (Lipinski definition) is 2. The molecule has 1 fully saturated rings. The Balaban J connectivity index is 2.34. The summed E-state index contributed by atoms with van der Waals surface area (Å²) in [5.74, 6) is 1.08. The highest BCUT2D eigenvalue weighted by Crippen LogP contribution is 2.45. The first-order chi connectivity index (χ1) is 5.35. The average molecular weight is 148 g/mol. The van der Waals surface area contributed by atoms with Crippen molar-refractivity contribution < 1.29 is 9.59 Å². The zero-order valence-electron chi connectivity index (χ0n) is 5.99. The molecular formula is C9H8O2. The van der Waals surface area contributed by atoms with E-state index in [9.17, 15) is 9.59 Å². The summed E-state index contributed by atoms with van der Waals surface area (Å²) >= 11 is 0. The molecule has 0 saturated heterocycles. The van der Waals surface area contributed by atoms with Gasteiger partial charge in [0, 0.05) is 11.1 Å². The van der Waals surface area contributed by atoms with Crippen LogP contribution in [-0.4, -0.2) is 12.6 Å². The van der Waals surface area contributed by atoms with E-state index in [0.717, 1.165) is 19.0 Å². The van der Waals surface area contributed by atoms with Crippen LogP contribution < -0.4 is 0 Å². The largest absolute Gasteiger partial charge is 0.298 e. The summed E-state index contributed by atoms with van der Waals surface area (Å²) < 4.78 is 0. The topological polar surface area (TPSA) is 34.1 Å². The van der Waals surface area contributed by atoms with E-state index in [1.807, 2.05) is 12.2 Å². The summed E-state index contributed by atoms with van der Waals surface area (Å²) in [6.07, 6.45) is 6.43. The SMILES string of the molecule is O=CC1=CC2CC2C=C1C=O. The van der Waals surface area contributed by atoms with Gasteiger partial charge < -0.3 is 0 Å². The van der Waals surface area contributed by atoms with Crippen LogP contribution in [0, 0.1) is 11.8 Å². The summed E-state index contributed by atoms with van der Waals surface area (Å²) in [6, 6.07) is 0. The van der Waals surface area contributed by atoms with E-state index >= 15 is 0 Å². The molecule has 0 heterocycles. The molecule has 0 aliphatic heterocycles. The highest BCUT2D eigenvalue weighted by molar-refractivity contribution is 5.95. The fourth-order valence-electron chi connectivity index (χ4n) is 1.49. The molecule has 0 aromatic heterocycles. The number of carbonyl (C=O) groups is 2. The average Bonchev–Trinajstić information content (AvgIpc) is 2.79. The molecule has 56 valence electrons. The first-order valence-electron chi connectivity index (χ1n) is 3.69. The molecule has 1 saturated carbocycles. The maximum Gasteiger partial charge on any atom is 0.150 e. The number of rotatable bonds is 2. The molecule has 11 heavy (non-hydrogen) atoms. The van der Waals surface area contributed by atoms with Crippen molar-refractivity contribution in [2.24, 2.45) is 11.8 Å². The number of hydrogen-bond donors (Lipinski definition) is 0. The highest BCUT2D eigenvalue weighted by atomic mass is 16.1. The van der Waals surface area contributed by atoms with Crippen molar-refractivity contribution in [3.8, 4) is 0 Å². The molecule has 2 heteroatoms. The third kappa shape index (κ3) is 0.946. The summed E-state index contributed by atoms with van der Waals surface area (Å²) in [5.41, 5.74) is 1.14.